The second-order valence-corrected chi connectivity index (χ2v) is 6.06. The Morgan fingerprint density at radius 1 is 1.38 bits per heavy atom. The van der Waals surface area contributed by atoms with Crippen LogP contribution in [0.3, 0.4) is 0 Å². The number of halogens is 1. The molecule has 0 aliphatic carbocycles. The van der Waals surface area contributed by atoms with Gasteiger partial charge in [-0.2, -0.15) is 4.98 Å². The molecule has 3 rings (SSSR count). The summed E-state index contributed by atoms with van der Waals surface area (Å²) in [6.45, 7) is 4.08. The van der Waals surface area contributed by atoms with Crippen LogP contribution in [-0.4, -0.2) is 30.2 Å². The number of nitrogens with one attached hydrogen (secondary N) is 1. The lowest BCUT2D eigenvalue weighted by atomic mass is 10.2. The van der Waals surface area contributed by atoms with E-state index in [1.165, 1.54) is 0 Å². The van der Waals surface area contributed by atoms with E-state index in [1.807, 2.05) is 18.3 Å². The molecule has 0 atom stereocenters. The highest BCUT2D eigenvalue weighted by atomic mass is 35.5. The number of rotatable bonds is 6. The summed E-state index contributed by atoms with van der Waals surface area (Å²) in [5.41, 5.74) is 1.88. The van der Waals surface area contributed by atoms with Gasteiger partial charge in [-0.1, -0.05) is 37.1 Å². The molecule has 0 unspecified atom stereocenters. The van der Waals surface area contributed by atoms with Crippen LogP contribution in [0.25, 0.3) is 6.08 Å². The topological polar surface area (TPSA) is 50.3 Å². The molecule has 2 heterocycles. The van der Waals surface area contributed by atoms with Crippen LogP contribution in [0.1, 0.15) is 25.3 Å². The third kappa shape index (κ3) is 3.62. The van der Waals surface area contributed by atoms with Gasteiger partial charge in [-0.15, -0.1) is 0 Å². The number of nitrogens with zero attached hydrogens (tertiary/aromatic N) is 3. The van der Waals surface area contributed by atoms with Gasteiger partial charge in [0.05, 0.1) is 12.1 Å². The summed E-state index contributed by atoms with van der Waals surface area (Å²) in [5.74, 6) is 2.18. The second-order valence-electron chi connectivity index (χ2n) is 5.65. The van der Waals surface area contributed by atoms with Crippen molar-refractivity contribution in [2.45, 2.75) is 19.8 Å². The molecular weight excluding hydrogens is 324 g/mol. The van der Waals surface area contributed by atoms with Gasteiger partial charge in [0.2, 0.25) is 5.95 Å². The Morgan fingerprint density at radius 2 is 2.25 bits per heavy atom. The van der Waals surface area contributed by atoms with Crippen LogP contribution in [-0.2, 0) is 0 Å². The fourth-order valence-corrected chi connectivity index (χ4v) is 2.88. The first kappa shape index (κ1) is 16.6. The third-order valence-corrected chi connectivity index (χ3v) is 4.20. The van der Waals surface area contributed by atoms with Crippen LogP contribution in [0.4, 0.5) is 17.5 Å². The number of anilines is 3. The first-order valence-corrected chi connectivity index (χ1v) is 8.48. The molecule has 1 aliphatic rings. The minimum absolute atomic E-state index is 0.549. The molecule has 0 amide bonds. The van der Waals surface area contributed by atoms with Gasteiger partial charge < -0.3 is 15.0 Å². The summed E-state index contributed by atoms with van der Waals surface area (Å²) >= 11 is 6.17. The molecule has 0 spiro atoms. The molecule has 24 heavy (non-hydrogen) atoms. The fraction of sp³-hybridized carbons (Fsp3) is 0.333. The Morgan fingerprint density at radius 3 is 3.00 bits per heavy atom. The van der Waals surface area contributed by atoms with Gasteiger partial charge in [0, 0.05) is 30.5 Å². The summed E-state index contributed by atoms with van der Waals surface area (Å²) in [6, 6.07) is 5.51. The zero-order valence-electron chi connectivity index (χ0n) is 13.9. The smallest absolute Gasteiger partial charge is 0.229 e. The summed E-state index contributed by atoms with van der Waals surface area (Å²) < 4.78 is 5.17. The maximum atomic E-state index is 6.17. The largest absolute Gasteiger partial charge is 0.495 e. The summed E-state index contributed by atoms with van der Waals surface area (Å²) in [7, 11) is 1.60. The van der Waals surface area contributed by atoms with Crippen LogP contribution >= 0.6 is 11.6 Å². The number of benzene rings is 1. The van der Waals surface area contributed by atoms with Gasteiger partial charge in [-0.3, -0.25) is 0 Å². The average molecular weight is 345 g/mol. The highest BCUT2D eigenvalue weighted by molar-refractivity contribution is 6.32. The summed E-state index contributed by atoms with van der Waals surface area (Å²) in [6.07, 6.45) is 8.39. The normalized spacial score (nSPS) is 12.9. The predicted octanol–water partition coefficient (Wildman–Crippen LogP) is 4.52. The zero-order valence-corrected chi connectivity index (χ0v) is 14.7. The molecule has 0 bridgehead atoms. The number of ether oxygens (including phenoxy) is 1. The van der Waals surface area contributed by atoms with Crippen molar-refractivity contribution in [3.63, 3.8) is 0 Å². The monoisotopic (exact) mass is 344 g/mol. The van der Waals surface area contributed by atoms with Crippen LogP contribution in [0.2, 0.25) is 5.02 Å². The molecule has 1 aromatic carbocycles. The van der Waals surface area contributed by atoms with E-state index in [-0.39, 0.29) is 0 Å². The number of fused-ring (bicyclic) bond motifs is 1. The van der Waals surface area contributed by atoms with Crippen molar-refractivity contribution >= 4 is 35.1 Å². The predicted molar refractivity (Wildman–Crippen MR) is 99.5 cm³/mol. The maximum Gasteiger partial charge on any atom is 0.229 e. The maximum absolute atomic E-state index is 6.17. The molecule has 0 saturated carbocycles. The number of hydrogen-bond donors (Lipinski definition) is 1. The van der Waals surface area contributed by atoms with Gasteiger partial charge >= 0.3 is 0 Å². The molecule has 1 aromatic heterocycles. The minimum atomic E-state index is 0.549. The molecule has 1 aliphatic heterocycles. The van der Waals surface area contributed by atoms with E-state index >= 15 is 0 Å². The molecule has 0 fully saturated rings. The molecule has 6 heteroatoms. The zero-order chi connectivity index (χ0) is 16.9. The van der Waals surface area contributed by atoms with E-state index < -0.39 is 0 Å². The second kappa shape index (κ2) is 7.53. The Labute approximate surface area is 147 Å². The summed E-state index contributed by atoms with van der Waals surface area (Å²) in [5, 5.41) is 3.76. The average Bonchev–Trinajstić information content (AvgIpc) is 2.60. The van der Waals surface area contributed by atoms with Crippen molar-refractivity contribution in [3.8, 4) is 5.75 Å². The lowest BCUT2D eigenvalue weighted by molar-refractivity contribution is 0.415. The standard InChI is InChI=1S/C18H21ClN4O/c1-3-4-9-23-10-5-6-13-12-20-18(22-17(13)23)21-14-7-8-16(24-2)15(19)11-14/h5-8,11-12H,3-4,9-10H2,1-2H3,(H,20,21,22). The molecule has 1 N–H and O–H groups in total. The number of unbranched alkanes of at least 4 members (excludes halogenated alkanes) is 1. The molecule has 0 radical (unpaired) electrons. The molecular formula is C18H21ClN4O. The van der Waals surface area contributed by atoms with Crippen LogP contribution < -0.4 is 15.0 Å². The van der Waals surface area contributed by atoms with Gasteiger partial charge in [0.15, 0.2) is 0 Å². The van der Waals surface area contributed by atoms with Gasteiger partial charge in [0.25, 0.3) is 0 Å². The number of methoxy groups -OCH3 is 1. The van der Waals surface area contributed by atoms with Crippen molar-refractivity contribution in [3.05, 3.63) is 41.1 Å². The van der Waals surface area contributed by atoms with Gasteiger partial charge in [0.1, 0.15) is 11.6 Å². The highest BCUT2D eigenvalue weighted by Gasteiger charge is 2.16. The van der Waals surface area contributed by atoms with E-state index in [4.69, 9.17) is 21.3 Å². The van der Waals surface area contributed by atoms with Crippen molar-refractivity contribution in [1.82, 2.24) is 9.97 Å². The van der Waals surface area contributed by atoms with Crippen LogP contribution in [0.15, 0.2) is 30.5 Å². The van der Waals surface area contributed by atoms with Crippen molar-refractivity contribution in [2.24, 2.45) is 0 Å². The third-order valence-electron chi connectivity index (χ3n) is 3.91. The van der Waals surface area contributed by atoms with Crippen molar-refractivity contribution in [2.75, 3.05) is 30.4 Å². The lowest BCUT2D eigenvalue weighted by Crippen LogP contribution is -2.28. The van der Waals surface area contributed by atoms with Gasteiger partial charge in [-0.25, -0.2) is 4.98 Å². The van der Waals surface area contributed by atoms with E-state index in [2.05, 4.69) is 34.3 Å². The summed E-state index contributed by atoms with van der Waals surface area (Å²) in [4.78, 5) is 11.4. The van der Waals surface area contributed by atoms with Crippen molar-refractivity contribution < 1.29 is 4.74 Å². The number of hydrogen-bond acceptors (Lipinski definition) is 5. The Bertz CT molecular complexity index is 748. The Hall–Kier alpha value is -2.27. The van der Waals surface area contributed by atoms with E-state index in [9.17, 15) is 0 Å². The molecule has 5 nitrogen and oxygen atoms in total. The Kier molecular flexibility index (Phi) is 5.20. The van der Waals surface area contributed by atoms with E-state index in [0.717, 1.165) is 43.0 Å². The van der Waals surface area contributed by atoms with Gasteiger partial charge in [-0.05, 0) is 24.6 Å². The quantitative estimate of drug-likeness (QED) is 0.835. The molecule has 0 saturated heterocycles. The molecule has 2 aromatic rings. The molecule has 126 valence electrons. The first-order valence-electron chi connectivity index (χ1n) is 8.10. The minimum Gasteiger partial charge on any atom is -0.495 e. The van der Waals surface area contributed by atoms with E-state index in [0.29, 0.717) is 16.7 Å². The van der Waals surface area contributed by atoms with Crippen LogP contribution in [0, 0.1) is 0 Å². The lowest BCUT2D eigenvalue weighted by Gasteiger charge is -2.26. The SMILES string of the molecule is CCCCN1CC=Cc2cnc(Nc3ccc(OC)c(Cl)c3)nc21. The Balaban J connectivity index is 1.82. The number of aromatic nitrogens is 2. The van der Waals surface area contributed by atoms with Crippen LogP contribution in [0.5, 0.6) is 5.75 Å². The van der Waals surface area contributed by atoms with E-state index in [1.54, 1.807) is 13.2 Å². The van der Waals surface area contributed by atoms with Crippen molar-refractivity contribution in [1.29, 1.82) is 0 Å². The fourth-order valence-electron chi connectivity index (χ4n) is 2.63. The highest BCUT2D eigenvalue weighted by Crippen LogP contribution is 2.29. The first-order chi connectivity index (χ1) is 11.7.